The van der Waals surface area contributed by atoms with Gasteiger partial charge in [0.1, 0.15) is 16.5 Å². The summed E-state index contributed by atoms with van der Waals surface area (Å²) in [6.45, 7) is 3.16. The maximum atomic E-state index is 13.6. The van der Waals surface area contributed by atoms with E-state index in [1.165, 1.54) is 36.8 Å². The molecule has 9 nitrogen and oxygen atoms in total. The molecule has 2 aromatic rings. The number of nitrogens with one attached hydrogen (secondary N) is 1. The van der Waals surface area contributed by atoms with Crippen molar-refractivity contribution in [1.82, 2.24) is 19.2 Å². The van der Waals surface area contributed by atoms with E-state index in [-0.39, 0.29) is 29.3 Å². The minimum atomic E-state index is -5.04. The molecular weight excluding hydrogens is 465 g/mol. The van der Waals surface area contributed by atoms with Crippen molar-refractivity contribution in [3.63, 3.8) is 0 Å². The fraction of sp³-hybridized carbons (Fsp3) is 0.500. The Balaban J connectivity index is 2.26. The van der Waals surface area contributed by atoms with Gasteiger partial charge in [0.05, 0.1) is 7.11 Å². The predicted octanol–water partition coefficient (Wildman–Crippen LogP) is 2.03. The van der Waals surface area contributed by atoms with E-state index in [1.54, 1.807) is 13.8 Å². The molecule has 1 heterocycles. The maximum Gasteiger partial charge on any atom is 0.424 e. The van der Waals surface area contributed by atoms with E-state index < -0.39 is 46.5 Å². The van der Waals surface area contributed by atoms with E-state index in [1.807, 2.05) is 0 Å². The molecule has 1 atom stereocenters. The fourth-order valence-electron chi connectivity index (χ4n) is 3.33. The van der Waals surface area contributed by atoms with Crippen LogP contribution >= 0.6 is 0 Å². The number of nitrogens with zero attached hydrogens (tertiary/aromatic N) is 3. The Morgan fingerprint density at radius 3 is 2.39 bits per heavy atom. The van der Waals surface area contributed by atoms with Crippen LogP contribution in [0, 0.1) is 0 Å². The van der Waals surface area contributed by atoms with Crippen LogP contribution in [-0.4, -0.2) is 66.2 Å². The second kappa shape index (κ2) is 10.1. The molecule has 184 valence electrons. The summed E-state index contributed by atoms with van der Waals surface area (Å²) in [5.41, 5.74) is -3.37. The van der Waals surface area contributed by atoms with Crippen molar-refractivity contribution in [2.45, 2.75) is 36.9 Å². The molecule has 2 N–H and O–H groups in total. The Kier molecular flexibility index (Phi) is 8.14. The maximum absolute atomic E-state index is 13.6. The molecule has 33 heavy (non-hydrogen) atoms. The van der Waals surface area contributed by atoms with Gasteiger partial charge in [0, 0.05) is 51.1 Å². The fourth-order valence-corrected chi connectivity index (χ4v) is 4.97. The number of alkyl halides is 3. The van der Waals surface area contributed by atoms with E-state index in [4.69, 9.17) is 4.74 Å². The van der Waals surface area contributed by atoms with Crippen molar-refractivity contribution in [2.75, 3.05) is 26.7 Å². The molecule has 1 aromatic carbocycles. The van der Waals surface area contributed by atoms with Gasteiger partial charge in [-0.3, -0.25) is 4.79 Å². The van der Waals surface area contributed by atoms with Crippen LogP contribution in [0.3, 0.4) is 0 Å². The summed E-state index contributed by atoms with van der Waals surface area (Å²) in [6.07, 6.45) is -3.55. The van der Waals surface area contributed by atoms with Gasteiger partial charge in [0.15, 0.2) is 0 Å². The van der Waals surface area contributed by atoms with Crippen molar-refractivity contribution in [3.8, 4) is 5.75 Å². The van der Waals surface area contributed by atoms with Gasteiger partial charge in [-0.05, 0) is 18.2 Å². The molecule has 0 aliphatic rings. The van der Waals surface area contributed by atoms with Gasteiger partial charge in [-0.15, -0.1) is 0 Å². The van der Waals surface area contributed by atoms with Crippen LogP contribution in [0.15, 0.2) is 35.5 Å². The Morgan fingerprint density at radius 1 is 1.27 bits per heavy atom. The average molecular weight is 493 g/mol. The summed E-state index contributed by atoms with van der Waals surface area (Å²) >= 11 is 0. The molecule has 0 spiro atoms. The van der Waals surface area contributed by atoms with E-state index >= 15 is 0 Å². The van der Waals surface area contributed by atoms with Crippen LogP contribution < -0.4 is 10.1 Å². The molecule has 1 aromatic heterocycles. The third-order valence-electron chi connectivity index (χ3n) is 5.18. The number of imidazole rings is 1. The van der Waals surface area contributed by atoms with Gasteiger partial charge in [-0.2, -0.15) is 17.5 Å². The first-order valence-corrected chi connectivity index (χ1v) is 11.5. The smallest absolute Gasteiger partial charge is 0.424 e. The van der Waals surface area contributed by atoms with Gasteiger partial charge in [0.25, 0.3) is 5.91 Å². The van der Waals surface area contributed by atoms with E-state index in [2.05, 4.69) is 10.3 Å². The number of hydrogen-bond donors (Lipinski definition) is 2. The number of rotatable bonds is 10. The number of carbonyl (C=O) groups excluding carboxylic acids is 1. The Bertz CT molecular complexity index is 1080. The number of halogens is 3. The number of sulfonamides is 1. The molecule has 1 unspecified atom stereocenters. The summed E-state index contributed by atoms with van der Waals surface area (Å²) in [7, 11) is -1.37. The van der Waals surface area contributed by atoms with Crippen molar-refractivity contribution < 1.29 is 36.2 Å². The molecule has 0 aliphatic carbocycles. The van der Waals surface area contributed by atoms with E-state index in [9.17, 15) is 31.5 Å². The lowest BCUT2D eigenvalue weighted by Gasteiger charge is -2.30. The number of hydrogen-bond acceptors (Lipinski definition) is 6. The molecule has 0 fully saturated rings. The highest BCUT2D eigenvalue weighted by molar-refractivity contribution is 7.89. The molecule has 2 rings (SSSR count). The van der Waals surface area contributed by atoms with Crippen LogP contribution in [0.25, 0.3) is 0 Å². The highest BCUT2D eigenvalue weighted by Gasteiger charge is 2.57. The molecular formula is C20H27F3N4O5S. The van der Waals surface area contributed by atoms with Gasteiger partial charge < -0.3 is 19.7 Å². The molecule has 0 saturated carbocycles. The monoisotopic (exact) mass is 492 g/mol. The lowest BCUT2D eigenvalue weighted by Crippen LogP contribution is -2.46. The number of ether oxygens (including phenoxy) is 1. The summed E-state index contributed by atoms with van der Waals surface area (Å²) < 4.78 is 74.0. The van der Waals surface area contributed by atoms with Crippen molar-refractivity contribution in [2.24, 2.45) is 7.05 Å². The Labute approximate surface area is 190 Å². The number of benzene rings is 1. The quantitative estimate of drug-likeness (QED) is 0.525. The first-order valence-electron chi connectivity index (χ1n) is 10.1. The number of carbonyl (C=O) groups is 1. The van der Waals surface area contributed by atoms with Gasteiger partial charge in [-0.25, -0.2) is 13.4 Å². The van der Waals surface area contributed by atoms with Crippen LogP contribution in [0.1, 0.15) is 36.5 Å². The van der Waals surface area contributed by atoms with E-state index in [0.29, 0.717) is 0 Å². The first-order chi connectivity index (χ1) is 15.3. The zero-order chi connectivity index (χ0) is 25.0. The molecule has 0 saturated heterocycles. The minimum Gasteiger partial charge on any atom is -0.495 e. The van der Waals surface area contributed by atoms with E-state index in [0.717, 1.165) is 16.8 Å². The molecule has 1 amide bonds. The minimum absolute atomic E-state index is 0.0275. The van der Waals surface area contributed by atoms with Gasteiger partial charge >= 0.3 is 6.18 Å². The number of aromatic nitrogens is 2. The molecule has 0 bridgehead atoms. The summed E-state index contributed by atoms with van der Waals surface area (Å²) in [6, 6.07) is 3.70. The zero-order valence-corrected chi connectivity index (χ0v) is 19.5. The van der Waals surface area contributed by atoms with Gasteiger partial charge in [-0.1, -0.05) is 13.8 Å². The van der Waals surface area contributed by atoms with Crippen molar-refractivity contribution in [3.05, 3.63) is 42.0 Å². The number of methoxy groups -OCH3 is 1. The second-order valence-electron chi connectivity index (χ2n) is 7.18. The predicted molar refractivity (Wildman–Crippen MR) is 113 cm³/mol. The highest BCUT2D eigenvalue weighted by Crippen LogP contribution is 2.40. The highest BCUT2D eigenvalue weighted by atomic mass is 32.2. The summed E-state index contributed by atoms with van der Waals surface area (Å²) in [5, 5.41) is 12.6. The Hall–Kier alpha value is -2.64. The standard InChI is InChI=1S/C20H27F3N4O5S/c1-5-27(6-2)33(30,31)16-13-14(7-8-15(16)32-4)17(28)24-10-9-19(29,20(21,22)23)18-25-11-12-26(18)3/h7-8,11-13,29H,5-6,9-10H2,1-4H3,(H,24,28). The number of aliphatic hydroxyl groups is 1. The number of amides is 1. The third kappa shape index (κ3) is 5.31. The average Bonchev–Trinajstić information content (AvgIpc) is 3.19. The van der Waals surface area contributed by atoms with Crippen LogP contribution in [0.2, 0.25) is 0 Å². The first kappa shape index (κ1) is 26.6. The lowest BCUT2D eigenvalue weighted by molar-refractivity contribution is -0.272. The topological polar surface area (TPSA) is 114 Å². The Morgan fingerprint density at radius 2 is 1.91 bits per heavy atom. The van der Waals surface area contributed by atoms with Crippen LogP contribution in [-0.2, 0) is 22.7 Å². The van der Waals surface area contributed by atoms with Crippen molar-refractivity contribution in [1.29, 1.82) is 0 Å². The third-order valence-corrected chi connectivity index (χ3v) is 7.25. The molecule has 13 heteroatoms. The summed E-state index contributed by atoms with van der Waals surface area (Å²) in [5.74, 6) is -1.39. The van der Waals surface area contributed by atoms with Crippen LogP contribution in [0.5, 0.6) is 5.75 Å². The molecule has 0 radical (unpaired) electrons. The lowest BCUT2D eigenvalue weighted by atomic mass is 9.97. The SMILES string of the molecule is CCN(CC)S(=O)(=O)c1cc(C(=O)NCCC(O)(c2nccn2C)C(F)(F)F)ccc1OC. The zero-order valence-electron chi connectivity index (χ0n) is 18.7. The van der Waals surface area contributed by atoms with Gasteiger partial charge in [0.2, 0.25) is 15.6 Å². The normalized spacial score (nSPS) is 14.2. The summed E-state index contributed by atoms with van der Waals surface area (Å²) in [4.78, 5) is 15.9. The van der Waals surface area contributed by atoms with Crippen LogP contribution in [0.4, 0.5) is 13.2 Å². The largest absolute Gasteiger partial charge is 0.495 e. The molecule has 0 aliphatic heterocycles. The van der Waals surface area contributed by atoms with Crippen molar-refractivity contribution >= 4 is 15.9 Å². The second-order valence-corrected chi connectivity index (χ2v) is 9.09. The number of aryl methyl sites for hydroxylation is 1.